The van der Waals surface area contributed by atoms with Crippen LogP contribution in [0.1, 0.15) is 36.1 Å². The Kier molecular flexibility index (Phi) is 4.31. The largest absolute Gasteiger partial charge is 0.0754 e. The van der Waals surface area contributed by atoms with Crippen molar-refractivity contribution in [3.8, 4) is 0 Å². The van der Waals surface area contributed by atoms with Gasteiger partial charge in [0, 0.05) is 32.3 Å². The Bertz CT molecular complexity index is 350. The van der Waals surface area contributed by atoms with E-state index in [0.717, 1.165) is 12.8 Å². The minimum Gasteiger partial charge on any atom is -0.0754 e. The van der Waals surface area contributed by atoms with Gasteiger partial charge in [-0.3, -0.25) is 0 Å². The number of hydrogen-bond acceptors (Lipinski definition) is 0. The van der Waals surface area contributed by atoms with Crippen LogP contribution in [-0.2, 0) is 38.7 Å². The van der Waals surface area contributed by atoms with Crippen LogP contribution >= 0.6 is 0 Å². The smallest absolute Gasteiger partial charge is 0.0134 e. The van der Waals surface area contributed by atoms with Gasteiger partial charge in [-0.15, -0.1) is 0 Å². The Labute approximate surface area is 105 Å². The van der Waals surface area contributed by atoms with Crippen molar-refractivity contribution < 1.29 is 25.8 Å². The number of rotatable bonds is 2. The number of hydrogen-bond donors (Lipinski definition) is 0. The van der Waals surface area contributed by atoms with E-state index >= 15 is 0 Å². The van der Waals surface area contributed by atoms with Crippen molar-refractivity contribution in [3.63, 3.8) is 0 Å². The van der Waals surface area contributed by atoms with E-state index in [0.29, 0.717) is 0 Å². The molecule has 0 heterocycles. The topological polar surface area (TPSA) is 0 Å². The summed E-state index contributed by atoms with van der Waals surface area (Å²) in [7, 11) is 0. The number of fused-ring (bicyclic) bond motifs is 1. The van der Waals surface area contributed by atoms with Crippen molar-refractivity contribution in [1.29, 1.82) is 0 Å². The molecular formula is C13H15Hf. The van der Waals surface area contributed by atoms with Gasteiger partial charge in [0.25, 0.3) is 0 Å². The fraction of sp³-hybridized carbons (Fsp3) is 0.308. The average Bonchev–Trinajstić information content (AvgIpc) is 2.64. The van der Waals surface area contributed by atoms with E-state index in [1.165, 1.54) is 22.3 Å². The fourth-order valence-electron chi connectivity index (χ4n) is 1.98. The van der Waals surface area contributed by atoms with Gasteiger partial charge in [-0.05, 0) is 35.1 Å². The molecule has 0 fully saturated rings. The third-order valence-electron chi connectivity index (χ3n) is 2.76. The summed E-state index contributed by atoms with van der Waals surface area (Å²) < 4.78 is 0. The summed E-state index contributed by atoms with van der Waals surface area (Å²) >= 11 is 0. The first kappa shape index (κ1) is 11.9. The molecule has 1 aromatic rings. The molecule has 0 saturated heterocycles. The Hall–Kier alpha value is -0.170. The summed E-state index contributed by atoms with van der Waals surface area (Å²) in [5.74, 6) is 0. The van der Waals surface area contributed by atoms with Crippen LogP contribution in [0.2, 0.25) is 0 Å². The van der Waals surface area contributed by atoms with Crippen molar-refractivity contribution in [2.24, 2.45) is 0 Å². The van der Waals surface area contributed by atoms with E-state index in [4.69, 9.17) is 0 Å². The molecule has 1 aromatic carbocycles. The third-order valence-corrected chi connectivity index (χ3v) is 2.76. The first-order chi connectivity index (χ1) is 6.36. The van der Waals surface area contributed by atoms with Crippen LogP contribution in [0.4, 0.5) is 0 Å². The second-order valence-electron chi connectivity index (χ2n) is 3.44. The minimum atomic E-state index is 0. The maximum Gasteiger partial charge on any atom is 0.0134 e. The van der Waals surface area contributed by atoms with Gasteiger partial charge in [-0.25, -0.2) is 0 Å². The van der Waals surface area contributed by atoms with Crippen molar-refractivity contribution in [2.45, 2.75) is 26.7 Å². The second-order valence-corrected chi connectivity index (χ2v) is 3.44. The summed E-state index contributed by atoms with van der Waals surface area (Å²) in [6.45, 7) is 4.43. The Morgan fingerprint density at radius 2 is 1.50 bits per heavy atom. The van der Waals surface area contributed by atoms with Crippen LogP contribution in [-0.4, -0.2) is 0 Å². The summed E-state index contributed by atoms with van der Waals surface area (Å²) in [6.07, 6.45) is 8.87. The molecular weight excluding hydrogens is 335 g/mol. The van der Waals surface area contributed by atoms with Gasteiger partial charge in [0.1, 0.15) is 0 Å². The van der Waals surface area contributed by atoms with Crippen molar-refractivity contribution in [2.75, 3.05) is 0 Å². The van der Waals surface area contributed by atoms with E-state index in [9.17, 15) is 0 Å². The second kappa shape index (κ2) is 5.06. The molecule has 0 bridgehead atoms. The van der Waals surface area contributed by atoms with Crippen LogP contribution in [0, 0.1) is 6.42 Å². The van der Waals surface area contributed by atoms with Gasteiger partial charge < -0.3 is 0 Å². The monoisotopic (exact) mass is 351 g/mol. The fourth-order valence-corrected chi connectivity index (χ4v) is 1.98. The molecule has 0 spiro atoms. The Balaban J connectivity index is 0.000000980. The zero-order valence-electron chi connectivity index (χ0n) is 8.80. The molecule has 14 heavy (non-hydrogen) atoms. The number of allylic oxidation sites excluding steroid dienone is 1. The van der Waals surface area contributed by atoms with Gasteiger partial charge in [-0.2, -0.15) is 0 Å². The zero-order valence-corrected chi connectivity index (χ0v) is 12.4. The summed E-state index contributed by atoms with van der Waals surface area (Å²) in [5, 5.41) is 0. The van der Waals surface area contributed by atoms with Gasteiger partial charge >= 0.3 is 0 Å². The number of benzene rings is 1. The van der Waals surface area contributed by atoms with Gasteiger partial charge in [-0.1, -0.05) is 38.1 Å². The molecule has 0 unspecified atom stereocenters. The van der Waals surface area contributed by atoms with E-state index < -0.39 is 0 Å². The molecule has 0 nitrogen and oxygen atoms in total. The molecule has 1 heteroatoms. The third kappa shape index (κ3) is 1.93. The molecule has 1 aliphatic rings. The molecule has 1 radical (unpaired) electrons. The number of aryl methyl sites for hydroxylation is 2. The molecule has 1 aliphatic carbocycles. The predicted molar refractivity (Wildman–Crippen MR) is 57.6 cm³/mol. The van der Waals surface area contributed by atoms with Crippen LogP contribution < -0.4 is 0 Å². The Morgan fingerprint density at radius 3 is 2.07 bits per heavy atom. The first-order valence-electron chi connectivity index (χ1n) is 5.03. The van der Waals surface area contributed by atoms with Crippen molar-refractivity contribution >= 4 is 6.08 Å². The van der Waals surface area contributed by atoms with E-state index in [2.05, 4.69) is 44.6 Å². The first-order valence-corrected chi connectivity index (χ1v) is 5.03. The average molecular weight is 350 g/mol. The zero-order chi connectivity index (χ0) is 9.26. The van der Waals surface area contributed by atoms with Gasteiger partial charge in [0.05, 0.1) is 0 Å². The van der Waals surface area contributed by atoms with Crippen LogP contribution in [0.5, 0.6) is 0 Å². The standard InChI is InChI=1S/C13H15.Hf/c1-3-10-8-9-11(4-2)13-7-5-6-12(10)13;/h5-9H,3-4H2,1-2H3;. The van der Waals surface area contributed by atoms with E-state index in [1.54, 1.807) is 0 Å². The summed E-state index contributed by atoms with van der Waals surface area (Å²) in [5.41, 5.74) is 5.83. The molecule has 0 atom stereocenters. The maximum absolute atomic E-state index is 2.27. The van der Waals surface area contributed by atoms with Crippen LogP contribution in [0.25, 0.3) is 6.08 Å². The molecule has 0 amide bonds. The van der Waals surface area contributed by atoms with E-state index in [1.807, 2.05) is 0 Å². The molecule has 0 aromatic heterocycles. The quantitative estimate of drug-likeness (QED) is 0.718. The van der Waals surface area contributed by atoms with Crippen molar-refractivity contribution in [3.05, 3.63) is 46.9 Å². The Morgan fingerprint density at radius 1 is 0.929 bits per heavy atom. The molecule has 71 valence electrons. The van der Waals surface area contributed by atoms with E-state index in [-0.39, 0.29) is 25.8 Å². The van der Waals surface area contributed by atoms with Crippen LogP contribution in [0.15, 0.2) is 18.2 Å². The summed E-state index contributed by atoms with van der Waals surface area (Å²) in [6, 6.07) is 4.53. The minimum absolute atomic E-state index is 0. The molecule has 0 aliphatic heterocycles. The molecule has 2 rings (SSSR count). The SMILES string of the molecule is CCc1ccc(CC)c2c1[CH]C=C2.[Hf]. The maximum atomic E-state index is 2.27. The van der Waals surface area contributed by atoms with Gasteiger partial charge in [0.15, 0.2) is 0 Å². The van der Waals surface area contributed by atoms with Crippen molar-refractivity contribution in [1.82, 2.24) is 0 Å². The van der Waals surface area contributed by atoms with Gasteiger partial charge in [0.2, 0.25) is 0 Å². The molecule has 0 saturated carbocycles. The molecule has 0 N–H and O–H groups in total. The summed E-state index contributed by atoms with van der Waals surface area (Å²) in [4.78, 5) is 0. The van der Waals surface area contributed by atoms with Crippen LogP contribution in [0.3, 0.4) is 0 Å². The predicted octanol–water partition coefficient (Wildman–Crippen LogP) is 3.39. The normalized spacial score (nSPS) is 12.4.